The Balaban J connectivity index is 2.35. The third-order valence-electron chi connectivity index (χ3n) is 3.46. The number of anilines is 1. The van der Waals surface area contributed by atoms with E-state index in [-0.39, 0.29) is 17.3 Å². The van der Waals surface area contributed by atoms with Crippen molar-refractivity contribution < 1.29 is 14.5 Å². The third kappa shape index (κ3) is 3.57. The number of nitro groups is 1. The minimum Gasteiger partial charge on any atom is -0.496 e. The Labute approximate surface area is 133 Å². The first-order valence-corrected chi connectivity index (χ1v) is 6.91. The first-order chi connectivity index (χ1) is 10.9. The maximum atomic E-state index is 11.2. The van der Waals surface area contributed by atoms with Crippen molar-refractivity contribution in [3.05, 3.63) is 63.7 Å². The lowest BCUT2D eigenvalue weighted by molar-refractivity contribution is -0.384. The molecule has 1 unspecified atom stereocenters. The number of nitrogens with two attached hydrogens (primary N) is 1. The van der Waals surface area contributed by atoms with E-state index >= 15 is 0 Å². The SMILES string of the molecule is COc1ccccc1C(C)Nc1ccc(C(N)=O)cc1[N+](=O)[O-]. The van der Waals surface area contributed by atoms with Gasteiger partial charge in [0.05, 0.1) is 18.1 Å². The van der Waals surface area contributed by atoms with Crippen LogP contribution in [0.5, 0.6) is 5.75 Å². The van der Waals surface area contributed by atoms with Gasteiger partial charge in [-0.2, -0.15) is 0 Å². The molecule has 0 spiro atoms. The number of nitrogens with one attached hydrogen (secondary N) is 1. The highest BCUT2D eigenvalue weighted by Crippen LogP contribution is 2.32. The van der Waals surface area contributed by atoms with E-state index in [1.165, 1.54) is 18.2 Å². The highest BCUT2D eigenvalue weighted by atomic mass is 16.6. The molecule has 0 saturated carbocycles. The molecular weight excluding hydrogens is 298 g/mol. The van der Waals surface area contributed by atoms with Crippen LogP contribution in [0.2, 0.25) is 0 Å². The van der Waals surface area contributed by atoms with Crippen molar-refractivity contribution in [3.8, 4) is 5.75 Å². The van der Waals surface area contributed by atoms with Crippen LogP contribution >= 0.6 is 0 Å². The normalized spacial score (nSPS) is 11.6. The second-order valence-corrected chi connectivity index (χ2v) is 4.96. The predicted molar refractivity (Wildman–Crippen MR) is 86.6 cm³/mol. The van der Waals surface area contributed by atoms with Crippen molar-refractivity contribution in [2.24, 2.45) is 5.73 Å². The number of methoxy groups -OCH3 is 1. The van der Waals surface area contributed by atoms with Crippen LogP contribution in [-0.4, -0.2) is 17.9 Å². The number of para-hydroxylation sites is 1. The zero-order chi connectivity index (χ0) is 17.0. The number of nitro benzene ring substituents is 1. The molecule has 1 amide bonds. The van der Waals surface area contributed by atoms with E-state index in [9.17, 15) is 14.9 Å². The van der Waals surface area contributed by atoms with Crippen molar-refractivity contribution in [2.75, 3.05) is 12.4 Å². The number of hydrogen-bond donors (Lipinski definition) is 2. The average Bonchev–Trinajstić information content (AvgIpc) is 2.54. The maximum Gasteiger partial charge on any atom is 0.293 e. The number of primary amides is 1. The topological polar surface area (TPSA) is 107 Å². The minimum absolute atomic E-state index is 0.0900. The predicted octanol–water partition coefficient (Wildman–Crippen LogP) is 2.88. The second-order valence-electron chi connectivity index (χ2n) is 4.96. The molecule has 0 aliphatic rings. The molecule has 0 fully saturated rings. The lowest BCUT2D eigenvalue weighted by Crippen LogP contribution is -2.13. The van der Waals surface area contributed by atoms with Crippen LogP contribution in [0.1, 0.15) is 28.9 Å². The molecule has 0 bridgehead atoms. The highest BCUT2D eigenvalue weighted by Gasteiger charge is 2.19. The minimum atomic E-state index is -0.711. The summed E-state index contributed by atoms with van der Waals surface area (Å²) >= 11 is 0. The number of amides is 1. The van der Waals surface area contributed by atoms with E-state index < -0.39 is 10.8 Å². The van der Waals surface area contributed by atoms with Crippen molar-refractivity contribution in [2.45, 2.75) is 13.0 Å². The van der Waals surface area contributed by atoms with Crippen molar-refractivity contribution in [1.29, 1.82) is 0 Å². The van der Waals surface area contributed by atoms with Gasteiger partial charge in [0, 0.05) is 17.2 Å². The quantitative estimate of drug-likeness (QED) is 0.629. The standard InChI is InChI=1S/C16H17N3O4/c1-10(12-5-3-4-6-15(12)23-2)18-13-8-7-11(16(17)20)9-14(13)19(21)22/h3-10,18H,1-2H3,(H2,17,20). The second kappa shape index (κ2) is 6.78. The van der Waals surface area contributed by atoms with Crippen molar-refractivity contribution >= 4 is 17.3 Å². The first kappa shape index (κ1) is 16.3. The average molecular weight is 315 g/mol. The Morgan fingerprint density at radius 3 is 2.61 bits per heavy atom. The van der Waals surface area contributed by atoms with Crippen molar-refractivity contribution in [3.63, 3.8) is 0 Å². The third-order valence-corrected chi connectivity index (χ3v) is 3.46. The summed E-state index contributed by atoms with van der Waals surface area (Å²) in [6.45, 7) is 1.86. The molecule has 0 aliphatic carbocycles. The number of nitrogens with zero attached hydrogens (tertiary/aromatic N) is 1. The van der Waals surface area contributed by atoms with Gasteiger partial charge in [0.2, 0.25) is 5.91 Å². The van der Waals surface area contributed by atoms with Crippen LogP contribution in [0, 0.1) is 10.1 Å². The summed E-state index contributed by atoms with van der Waals surface area (Å²) in [5.41, 5.74) is 6.22. The molecule has 23 heavy (non-hydrogen) atoms. The summed E-state index contributed by atoms with van der Waals surface area (Å²) in [7, 11) is 1.57. The lowest BCUT2D eigenvalue weighted by atomic mass is 10.1. The Morgan fingerprint density at radius 1 is 1.30 bits per heavy atom. The Kier molecular flexibility index (Phi) is 4.80. The van der Waals surface area contributed by atoms with Gasteiger partial charge in [0.1, 0.15) is 11.4 Å². The summed E-state index contributed by atoms with van der Waals surface area (Å²) in [6, 6.07) is 11.3. The van der Waals surface area contributed by atoms with Crippen LogP contribution < -0.4 is 15.8 Å². The molecule has 0 radical (unpaired) electrons. The summed E-state index contributed by atoms with van der Waals surface area (Å²) in [5, 5.41) is 14.3. The van der Waals surface area contributed by atoms with Gasteiger partial charge < -0.3 is 15.8 Å². The summed E-state index contributed by atoms with van der Waals surface area (Å²) < 4.78 is 5.30. The largest absolute Gasteiger partial charge is 0.496 e. The fourth-order valence-corrected chi connectivity index (χ4v) is 2.29. The highest BCUT2D eigenvalue weighted by molar-refractivity contribution is 5.94. The first-order valence-electron chi connectivity index (χ1n) is 6.91. The molecule has 120 valence electrons. The van der Waals surface area contributed by atoms with E-state index in [1.54, 1.807) is 7.11 Å². The van der Waals surface area contributed by atoms with Gasteiger partial charge in [-0.3, -0.25) is 14.9 Å². The van der Waals surface area contributed by atoms with Gasteiger partial charge in [0.15, 0.2) is 0 Å². The van der Waals surface area contributed by atoms with Gasteiger partial charge in [0.25, 0.3) is 5.69 Å². The van der Waals surface area contributed by atoms with E-state index in [0.717, 1.165) is 5.56 Å². The number of carbonyl (C=O) groups excluding carboxylic acids is 1. The lowest BCUT2D eigenvalue weighted by Gasteiger charge is -2.18. The van der Waals surface area contributed by atoms with E-state index in [0.29, 0.717) is 11.4 Å². The maximum absolute atomic E-state index is 11.2. The number of rotatable bonds is 6. The summed E-state index contributed by atoms with van der Waals surface area (Å²) in [4.78, 5) is 21.9. The zero-order valence-electron chi connectivity index (χ0n) is 12.8. The van der Waals surface area contributed by atoms with Gasteiger partial charge >= 0.3 is 0 Å². The molecule has 0 aliphatic heterocycles. The summed E-state index contributed by atoms with van der Waals surface area (Å²) in [5.74, 6) is -0.0265. The van der Waals surface area contributed by atoms with E-state index in [2.05, 4.69) is 5.32 Å². The molecule has 0 saturated heterocycles. The molecule has 2 aromatic rings. The van der Waals surface area contributed by atoms with Gasteiger partial charge in [-0.15, -0.1) is 0 Å². The van der Waals surface area contributed by atoms with E-state index in [1.807, 2.05) is 31.2 Å². The molecule has 2 rings (SSSR count). The van der Waals surface area contributed by atoms with Gasteiger partial charge in [-0.25, -0.2) is 0 Å². The molecule has 3 N–H and O–H groups in total. The molecular formula is C16H17N3O4. The molecule has 2 aromatic carbocycles. The van der Waals surface area contributed by atoms with Crippen LogP contribution in [0.15, 0.2) is 42.5 Å². The monoisotopic (exact) mass is 315 g/mol. The van der Waals surface area contributed by atoms with Crippen LogP contribution in [0.3, 0.4) is 0 Å². The van der Waals surface area contributed by atoms with Crippen LogP contribution in [0.25, 0.3) is 0 Å². The van der Waals surface area contributed by atoms with E-state index in [4.69, 9.17) is 10.5 Å². The van der Waals surface area contributed by atoms with Gasteiger partial charge in [-0.1, -0.05) is 18.2 Å². The van der Waals surface area contributed by atoms with Crippen molar-refractivity contribution in [1.82, 2.24) is 0 Å². The Bertz CT molecular complexity index is 746. The smallest absolute Gasteiger partial charge is 0.293 e. The Morgan fingerprint density at radius 2 is 2.00 bits per heavy atom. The molecule has 1 atom stereocenters. The Hall–Kier alpha value is -3.09. The fourth-order valence-electron chi connectivity index (χ4n) is 2.29. The number of hydrogen-bond acceptors (Lipinski definition) is 5. The van der Waals surface area contributed by atoms with Crippen LogP contribution in [-0.2, 0) is 0 Å². The molecule has 0 heterocycles. The molecule has 0 aromatic heterocycles. The number of benzene rings is 2. The molecule has 7 heteroatoms. The number of ether oxygens (including phenoxy) is 1. The van der Waals surface area contributed by atoms with Gasteiger partial charge in [-0.05, 0) is 25.1 Å². The number of carbonyl (C=O) groups is 1. The summed E-state index contributed by atoms with van der Waals surface area (Å²) in [6.07, 6.45) is 0. The van der Waals surface area contributed by atoms with Crippen LogP contribution in [0.4, 0.5) is 11.4 Å². The zero-order valence-corrected chi connectivity index (χ0v) is 12.8. The fraction of sp³-hybridized carbons (Fsp3) is 0.188. The molecule has 7 nitrogen and oxygen atoms in total.